The van der Waals surface area contributed by atoms with Gasteiger partial charge in [0.25, 0.3) is 5.91 Å². The van der Waals surface area contributed by atoms with E-state index in [1.54, 1.807) is 6.92 Å². The number of esters is 2. The van der Waals surface area contributed by atoms with Gasteiger partial charge in [-0.2, -0.15) is 0 Å². The predicted molar refractivity (Wildman–Crippen MR) is 87.1 cm³/mol. The van der Waals surface area contributed by atoms with Gasteiger partial charge in [0.2, 0.25) is 0 Å². The number of aliphatic carboxylic acids is 1. The van der Waals surface area contributed by atoms with Gasteiger partial charge in [-0.1, -0.05) is 13.0 Å². The molecule has 136 valence electrons. The molecule has 0 saturated carbocycles. The summed E-state index contributed by atoms with van der Waals surface area (Å²) in [6.07, 6.45) is -0.108. The monoisotopic (exact) mass is 351 g/mol. The molecule has 2 atom stereocenters. The molecular formula is C17H21NO7. The number of rotatable bonds is 8. The topological polar surface area (TPSA) is 119 Å². The van der Waals surface area contributed by atoms with Crippen LogP contribution in [0.25, 0.3) is 0 Å². The van der Waals surface area contributed by atoms with Crippen LogP contribution in [0.3, 0.4) is 0 Å². The molecule has 0 radical (unpaired) electrons. The van der Waals surface area contributed by atoms with E-state index in [0.717, 1.165) is 0 Å². The molecule has 0 saturated heterocycles. The summed E-state index contributed by atoms with van der Waals surface area (Å²) in [5.74, 6) is -3.50. The minimum atomic E-state index is -1.26. The van der Waals surface area contributed by atoms with E-state index in [1.807, 2.05) is 0 Å². The number of amides is 1. The number of hydrogen-bond donors (Lipinski definition) is 2. The van der Waals surface area contributed by atoms with Gasteiger partial charge in [0.1, 0.15) is 11.8 Å². The van der Waals surface area contributed by atoms with Gasteiger partial charge in [-0.25, -0.2) is 4.79 Å². The molecule has 8 nitrogen and oxygen atoms in total. The van der Waals surface area contributed by atoms with Crippen molar-refractivity contribution in [3.8, 4) is 5.75 Å². The van der Waals surface area contributed by atoms with Gasteiger partial charge in [0, 0.05) is 12.5 Å². The summed E-state index contributed by atoms with van der Waals surface area (Å²) in [5.41, 5.74) is 0.133. The van der Waals surface area contributed by atoms with Crippen molar-refractivity contribution in [2.75, 3.05) is 6.61 Å². The van der Waals surface area contributed by atoms with Crippen molar-refractivity contribution in [3.05, 3.63) is 29.8 Å². The highest BCUT2D eigenvalue weighted by molar-refractivity contribution is 5.97. The highest BCUT2D eigenvalue weighted by Gasteiger charge is 2.27. The maximum Gasteiger partial charge on any atom is 0.326 e. The number of ether oxygens (including phenoxy) is 2. The van der Waals surface area contributed by atoms with Crippen LogP contribution in [0.1, 0.15) is 37.6 Å². The van der Waals surface area contributed by atoms with Crippen LogP contribution in [0.4, 0.5) is 0 Å². The minimum absolute atomic E-state index is 0.108. The Bertz CT molecular complexity index is 656. The molecule has 0 spiro atoms. The summed E-state index contributed by atoms with van der Waals surface area (Å²) in [5, 5.41) is 11.6. The third-order valence-corrected chi connectivity index (χ3v) is 3.24. The van der Waals surface area contributed by atoms with E-state index in [4.69, 9.17) is 9.47 Å². The molecule has 25 heavy (non-hydrogen) atoms. The van der Waals surface area contributed by atoms with Crippen molar-refractivity contribution in [1.29, 1.82) is 0 Å². The Hall–Kier alpha value is -2.90. The van der Waals surface area contributed by atoms with Gasteiger partial charge in [0.15, 0.2) is 0 Å². The average molecular weight is 351 g/mol. The zero-order chi connectivity index (χ0) is 19.0. The quantitative estimate of drug-likeness (QED) is 0.536. The van der Waals surface area contributed by atoms with Crippen LogP contribution in [-0.4, -0.2) is 41.6 Å². The first-order valence-corrected chi connectivity index (χ1v) is 7.73. The van der Waals surface area contributed by atoms with Crippen molar-refractivity contribution in [1.82, 2.24) is 5.32 Å². The van der Waals surface area contributed by atoms with Crippen LogP contribution in [0.2, 0.25) is 0 Å². The first-order valence-electron chi connectivity index (χ1n) is 7.73. The maximum atomic E-state index is 12.2. The fourth-order valence-corrected chi connectivity index (χ4v) is 2.06. The lowest BCUT2D eigenvalue weighted by molar-refractivity contribution is -0.148. The Kier molecular flexibility index (Phi) is 7.58. The van der Waals surface area contributed by atoms with Gasteiger partial charge < -0.3 is 19.9 Å². The largest absolute Gasteiger partial charge is 0.480 e. The van der Waals surface area contributed by atoms with Crippen LogP contribution in [0.15, 0.2) is 24.3 Å². The molecule has 0 aliphatic rings. The number of benzene rings is 1. The summed E-state index contributed by atoms with van der Waals surface area (Å²) >= 11 is 0. The fraction of sp³-hybridized carbons (Fsp3) is 0.412. The van der Waals surface area contributed by atoms with E-state index in [0.29, 0.717) is 0 Å². The molecule has 0 heterocycles. The highest BCUT2D eigenvalue weighted by atomic mass is 16.5. The Morgan fingerprint density at radius 3 is 2.48 bits per heavy atom. The SMILES string of the molecule is CCOC(=O)[C@H](C)C[C@H](NC(=O)c1cccc(OC(C)=O)c1)C(=O)O. The van der Waals surface area contributed by atoms with E-state index < -0.39 is 35.8 Å². The van der Waals surface area contributed by atoms with Crippen LogP contribution in [0, 0.1) is 5.92 Å². The summed E-state index contributed by atoms with van der Waals surface area (Å²) in [6, 6.07) is 4.52. The second kappa shape index (κ2) is 9.41. The Morgan fingerprint density at radius 1 is 1.24 bits per heavy atom. The highest BCUT2D eigenvalue weighted by Crippen LogP contribution is 2.15. The van der Waals surface area contributed by atoms with Crippen molar-refractivity contribution in [2.45, 2.75) is 33.2 Å². The Labute approximate surface area is 145 Å². The number of carbonyl (C=O) groups excluding carboxylic acids is 3. The standard InChI is InChI=1S/C17H21NO7/c1-4-24-17(23)10(2)8-14(16(21)22)18-15(20)12-6-5-7-13(9-12)25-11(3)19/h5-7,9-10,14H,4,8H2,1-3H3,(H,18,20)(H,21,22)/t10-,14+/m1/s1. The number of hydrogen-bond acceptors (Lipinski definition) is 6. The van der Waals surface area contributed by atoms with Gasteiger partial charge in [-0.3, -0.25) is 14.4 Å². The predicted octanol–water partition coefficient (Wildman–Crippen LogP) is 1.38. The molecule has 1 amide bonds. The summed E-state index contributed by atoms with van der Waals surface area (Å²) in [4.78, 5) is 46.2. The van der Waals surface area contributed by atoms with Gasteiger partial charge in [-0.05, 0) is 31.5 Å². The molecule has 0 aliphatic heterocycles. The molecule has 1 aromatic carbocycles. The molecule has 0 aliphatic carbocycles. The average Bonchev–Trinajstić information content (AvgIpc) is 2.53. The Morgan fingerprint density at radius 2 is 1.92 bits per heavy atom. The smallest absolute Gasteiger partial charge is 0.326 e. The fourth-order valence-electron chi connectivity index (χ4n) is 2.06. The Balaban J connectivity index is 2.81. The van der Waals surface area contributed by atoms with E-state index in [1.165, 1.54) is 38.1 Å². The summed E-state index contributed by atoms with van der Waals surface area (Å²) in [6.45, 7) is 4.60. The van der Waals surface area contributed by atoms with E-state index >= 15 is 0 Å². The van der Waals surface area contributed by atoms with Crippen LogP contribution < -0.4 is 10.1 Å². The van der Waals surface area contributed by atoms with Gasteiger partial charge in [-0.15, -0.1) is 0 Å². The first-order chi connectivity index (χ1) is 11.7. The third kappa shape index (κ3) is 6.62. The van der Waals surface area contributed by atoms with Crippen LogP contribution >= 0.6 is 0 Å². The number of carbonyl (C=O) groups is 4. The van der Waals surface area contributed by atoms with Crippen molar-refractivity contribution >= 4 is 23.8 Å². The molecular weight excluding hydrogens is 330 g/mol. The van der Waals surface area contributed by atoms with Crippen molar-refractivity contribution in [2.24, 2.45) is 5.92 Å². The van der Waals surface area contributed by atoms with E-state index in [-0.39, 0.29) is 24.3 Å². The minimum Gasteiger partial charge on any atom is -0.480 e. The maximum absolute atomic E-state index is 12.2. The van der Waals surface area contributed by atoms with Crippen LogP contribution in [0.5, 0.6) is 5.75 Å². The zero-order valence-electron chi connectivity index (χ0n) is 14.3. The number of carboxylic acids is 1. The molecule has 0 aromatic heterocycles. The third-order valence-electron chi connectivity index (χ3n) is 3.24. The lowest BCUT2D eigenvalue weighted by Gasteiger charge is -2.18. The molecule has 1 aromatic rings. The normalized spacial score (nSPS) is 12.6. The second-order valence-corrected chi connectivity index (χ2v) is 5.37. The van der Waals surface area contributed by atoms with Gasteiger partial charge in [0.05, 0.1) is 12.5 Å². The molecule has 0 bridgehead atoms. The lowest BCUT2D eigenvalue weighted by Crippen LogP contribution is -2.42. The zero-order valence-corrected chi connectivity index (χ0v) is 14.3. The number of carboxylic acid groups (broad SMARTS) is 1. The molecule has 0 fully saturated rings. The van der Waals surface area contributed by atoms with Crippen molar-refractivity contribution in [3.63, 3.8) is 0 Å². The van der Waals surface area contributed by atoms with Gasteiger partial charge >= 0.3 is 17.9 Å². The number of nitrogens with one attached hydrogen (secondary N) is 1. The van der Waals surface area contributed by atoms with E-state index in [9.17, 15) is 24.3 Å². The second-order valence-electron chi connectivity index (χ2n) is 5.37. The summed E-state index contributed by atoms with van der Waals surface area (Å²) in [7, 11) is 0. The molecule has 2 N–H and O–H groups in total. The molecule has 0 unspecified atom stereocenters. The first kappa shape index (κ1) is 20.1. The van der Waals surface area contributed by atoms with E-state index in [2.05, 4.69) is 5.32 Å². The molecule has 1 rings (SSSR count). The lowest BCUT2D eigenvalue weighted by atomic mass is 10.0. The summed E-state index contributed by atoms with van der Waals surface area (Å²) < 4.78 is 9.72. The van der Waals surface area contributed by atoms with Crippen molar-refractivity contribution < 1.29 is 33.8 Å². The van der Waals surface area contributed by atoms with Crippen LogP contribution in [-0.2, 0) is 19.1 Å². The molecule has 8 heteroatoms.